The average molecular weight is 364 g/mol. The third-order valence-electron chi connectivity index (χ3n) is 4.18. The zero-order valence-corrected chi connectivity index (χ0v) is 14.8. The topological polar surface area (TPSA) is 58.2 Å². The van der Waals surface area contributed by atoms with Crippen molar-refractivity contribution in [3.63, 3.8) is 0 Å². The van der Waals surface area contributed by atoms with Crippen LogP contribution in [0, 0.1) is 36.7 Å². The van der Waals surface area contributed by atoms with E-state index in [1.165, 1.54) is 13.8 Å². The predicted octanol–water partition coefficient (Wildman–Crippen LogP) is 4.32. The van der Waals surface area contributed by atoms with Crippen molar-refractivity contribution in [2.45, 2.75) is 27.7 Å². The summed E-state index contributed by atoms with van der Waals surface area (Å²) in [6.45, 7) is 6.50. The molecular weight excluding hydrogens is 345 g/mol. The molecule has 0 saturated heterocycles. The van der Waals surface area contributed by atoms with E-state index in [4.69, 9.17) is 0 Å². The Balaban J connectivity index is 2.17. The van der Waals surface area contributed by atoms with Crippen LogP contribution in [0.2, 0.25) is 0 Å². The molecule has 2 N–H and O–H groups in total. The molecule has 138 valence electrons. The Labute approximate surface area is 149 Å². The SMILES string of the molecule is Cc1ccc(NC(=O)C(C)(C)C(=O)Nc2ccc(F)c(F)c2F)cc1C. The van der Waals surface area contributed by atoms with Crippen molar-refractivity contribution in [2.24, 2.45) is 5.41 Å². The summed E-state index contributed by atoms with van der Waals surface area (Å²) in [6, 6.07) is 6.87. The Bertz CT molecular complexity index is 879. The van der Waals surface area contributed by atoms with Crippen LogP contribution < -0.4 is 10.6 Å². The quantitative estimate of drug-likeness (QED) is 0.627. The molecule has 0 aliphatic carbocycles. The molecule has 0 saturated carbocycles. The molecule has 2 aromatic carbocycles. The maximum absolute atomic E-state index is 13.7. The first-order valence-electron chi connectivity index (χ1n) is 7.87. The van der Waals surface area contributed by atoms with Gasteiger partial charge in [-0.3, -0.25) is 9.59 Å². The molecule has 4 nitrogen and oxygen atoms in total. The smallest absolute Gasteiger partial charge is 0.239 e. The number of halogens is 3. The third-order valence-corrected chi connectivity index (χ3v) is 4.18. The molecule has 0 aliphatic rings. The molecule has 0 spiro atoms. The number of benzene rings is 2. The Morgan fingerprint density at radius 3 is 2.08 bits per heavy atom. The Morgan fingerprint density at radius 2 is 1.46 bits per heavy atom. The van der Waals surface area contributed by atoms with Crippen LogP contribution in [0.3, 0.4) is 0 Å². The molecular formula is C19H19F3N2O2. The molecule has 0 aliphatic heterocycles. The van der Waals surface area contributed by atoms with E-state index in [9.17, 15) is 22.8 Å². The van der Waals surface area contributed by atoms with Gasteiger partial charge >= 0.3 is 0 Å². The van der Waals surface area contributed by atoms with E-state index in [0.717, 1.165) is 17.2 Å². The molecule has 0 unspecified atom stereocenters. The van der Waals surface area contributed by atoms with Gasteiger partial charge in [0, 0.05) is 5.69 Å². The van der Waals surface area contributed by atoms with Crippen LogP contribution >= 0.6 is 0 Å². The van der Waals surface area contributed by atoms with Crippen LogP contribution in [0.4, 0.5) is 24.5 Å². The maximum Gasteiger partial charge on any atom is 0.239 e. The molecule has 0 fully saturated rings. The lowest BCUT2D eigenvalue weighted by atomic mass is 9.90. The molecule has 0 aromatic heterocycles. The van der Waals surface area contributed by atoms with Gasteiger partial charge < -0.3 is 10.6 Å². The fraction of sp³-hybridized carbons (Fsp3) is 0.263. The van der Waals surface area contributed by atoms with E-state index in [1.807, 2.05) is 19.9 Å². The Kier molecular flexibility index (Phi) is 5.39. The van der Waals surface area contributed by atoms with Crippen LogP contribution in [0.15, 0.2) is 30.3 Å². The van der Waals surface area contributed by atoms with Crippen LogP contribution in [0.25, 0.3) is 0 Å². The minimum atomic E-state index is -1.69. The maximum atomic E-state index is 13.7. The molecule has 2 rings (SSSR count). The summed E-state index contributed by atoms with van der Waals surface area (Å²) in [6.07, 6.45) is 0. The van der Waals surface area contributed by atoms with E-state index in [1.54, 1.807) is 12.1 Å². The second kappa shape index (κ2) is 7.19. The van der Waals surface area contributed by atoms with Crippen molar-refractivity contribution in [3.8, 4) is 0 Å². The second-order valence-electron chi connectivity index (χ2n) is 6.56. The van der Waals surface area contributed by atoms with E-state index in [2.05, 4.69) is 10.6 Å². The van der Waals surface area contributed by atoms with E-state index < -0.39 is 40.4 Å². The minimum Gasteiger partial charge on any atom is -0.325 e. The van der Waals surface area contributed by atoms with Crippen molar-refractivity contribution < 1.29 is 22.8 Å². The number of nitrogens with one attached hydrogen (secondary N) is 2. The van der Waals surface area contributed by atoms with Gasteiger partial charge in [0.25, 0.3) is 0 Å². The molecule has 0 bridgehead atoms. The molecule has 2 aromatic rings. The summed E-state index contributed by atoms with van der Waals surface area (Å²) >= 11 is 0. The molecule has 7 heteroatoms. The molecule has 0 heterocycles. The molecule has 0 radical (unpaired) electrons. The number of carbonyl (C=O) groups is 2. The number of carbonyl (C=O) groups excluding carboxylic acids is 2. The number of anilines is 2. The fourth-order valence-electron chi connectivity index (χ4n) is 2.11. The molecule has 2 amide bonds. The van der Waals surface area contributed by atoms with Crippen LogP contribution in [0.1, 0.15) is 25.0 Å². The highest BCUT2D eigenvalue weighted by Crippen LogP contribution is 2.25. The van der Waals surface area contributed by atoms with Crippen molar-refractivity contribution >= 4 is 23.2 Å². The standard InChI is InChI=1S/C19H19F3N2O2/c1-10-5-6-12(9-11(10)2)23-17(25)19(3,4)18(26)24-14-8-7-13(20)15(21)16(14)22/h5-9H,1-4H3,(H,23,25)(H,24,26). The lowest BCUT2D eigenvalue weighted by Crippen LogP contribution is -2.41. The van der Waals surface area contributed by atoms with E-state index >= 15 is 0 Å². The number of rotatable bonds is 4. The van der Waals surface area contributed by atoms with Crippen molar-refractivity contribution in [1.29, 1.82) is 0 Å². The van der Waals surface area contributed by atoms with Gasteiger partial charge in [0.1, 0.15) is 5.41 Å². The van der Waals surface area contributed by atoms with E-state index in [-0.39, 0.29) is 0 Å². The fourth-order valence-corrected chi connectivity index (χ4v) is 2.11. The van der Waals surface area contributed by atoms with Crippen molar-refractivity contribution in [3.05, 3.63) is 58.9 Å². The van der Waals surface area contributed by atoms with Gasteiger partial charge in [-0.15, -0.1) is 0 Å². The summed E-state index contributed by atoms with van der Waals surface area (Å²) in [5.41, 5.74) is 0.400. The lowest BCUT2D eigenvalue weighted by Gasteiger charge is -2.23. The van der Waals surface area contributed by atoms with Gasteiger partial charge in [0.2, 0.25) is 11.8 Å². The van der Waals surface area contributed by atoms with Gasteiger partial charge in [-0.1, -0.05) is 6.07 Å². The van der Waals surface area contributed by atoms with Crippen LogP contribution in [-0.2, 0) is 9.59 Å². The first kappa shape index (κ1) is 19.5. The average Bonchev–Trinajstić information content (AvgIpc) is 2.58. The predicted molar refractivity (Wildman–Crippen MR) is 93.3 cm³/mol. The second-order valence-corrected chi connectivity index (χ2v) is 6.56. The van der Waals surface area contributed by atoms with Crippen molar-refractivity contribution in [1.82, 2.24) is 0 Å². The molecule has 0 atom stereocenters. The van der Waals surface area contributed by atoms with Crippen molar-refractivity contribution in [2.75, 3.05) is 10.6 Å². The first-order valence-corrected chi connectivity index (χ1v) is 7.87. The summed E-state index contributed by atoms with van der Waals surface area (Å²) in [5, 5.41) is 4.75. The van der Waals surface area contributed by atoms with Crippen LogP contribution in [0.5, 0.6) is 0 Å². The summed E-state index contributed by atoms with van der Waals surface area (Å²) in [7, 11) is 0. The normalized spacial score (nSPS) is 11.2. The number of aryl methyl sites for hydroxylation is 2. The summed E-state index contributed by atoms with van der Waals surface area (Å²) in [5.74, 6) is -6.07. The Morgan fingerprint density at radius 1 is 0.846 bits per heavy atom. The highest BCUT2D eigenvalue weighted by Gasteiger charge is 2.37. The van der Waals surface area contributed by atoms with Gasteiger partial charge in [-0.25, -0.2) is 13.2 Å². The van der Waals surface area contributed by atoms with Gasteiger partial charge in [-0.2, -0.15) is 0 Å². The number of amides is 2. The molecule has 26 heavy (non-hydrogen) atoms. The highest BCUT2D eigenvalue weighted by atomic mass is 19.2. The van der Waals surface area contributed by atoms with Gasteiger partial charge in [0.05, 0.1) is 5.69 Å². The largest absolute Gasteiger partial charge is 0.325 e. The zero-order chi connectivity index (χ0) is 19.6. The zero-order valence-electron chi connectivity index (χ0n) is 14.8. The monoisotopic (exact) mass is 364 g/mol. The van der Waals surface area contributed by atoms with Gasteiger partial charge in [-0.05, 0) is 63.1 Å². The summed E-state index contributed by atoms with van der Waals surface area (Å²) in [4.78, 5) is 24.8. The highest BCUT2D eigenvalue weighted by molar-refractivity contribution is 6.14. The number of hydrogen-bond donors (Lipinski definition) is 2. The van der Waals surface area contributed by atoms with E-state index in [0.29, 0.717) is 11.8 Å². The first-order chi connectivity index (χ1) is 12.0. The lowest BCUT2D eigenvalue weighted by molar-refractivity contribution is -0.135. The van der Waals surface area contributed by atoms with Gasteiger partial charge in [0.15, 0.2) is 17.5 Å². The van der Waals surface area contributed by atoms with Crippen LogP contribution in [-0.4, -0.2) is 11.8 Å². The minimum absolute atomic E-state index is 0.512. The number of hydrogen-bond acceptors (Lipinski definition) is 2. The Hall–Kier alpha value is -2.83. The summed E-state index contributed by atoms with van der Waals surface area (Å²) < 4.78 is 40.0. The third kappa shape index (κ3) is 3.87.